The predicted octanol–water partition coefficient (Wildman–Crippen LogP) is 3.54. The highest BCUT2D eigenvalue weighted by Gasteiger charge is 2.08. The summed E-state index contributed by atoms with van der Waals surface area (Å²) in [7, 11) is 0. The number of benzene rings is 2. The summed E-state index contributed by atoms with van der Waals surface area (Å²) in [4.78, 5) is 0. The Hall–Kier alpha value is -2.02. The Morgan fingerprint density at radius 3 is 2.68 bits per heavy atom. The first-order valence-electron chi connectivity index (χ1n) is 5.81. The molecule has 0 bridgehead atoms. The standard InChI is InChI=1S/C15H12ClNO2/c16-13-6-5-12(10-17)15(9-13)19-14-4-2-1-3-11(14)7-8-18/h1-6,9,18H,7-8H2. The second kappa shape index (κ2) is 6.24. The molecule has 0 atom stereocenters. The maximum absolute atomic E-state index is 9.05. The maximum Gasteiger partial charge on any atom is 0.146 e. The molecule has 0 aliphatic carbocycles. The molecule has 0 fully saturated rings. The summed E-state index contributed by atoms with van der Waals surface area (Å²) >= 11 is 5.91. The summed E-state index contributed by atoms with van der Waals surface area (Å²) in [6, 6.07) is 14.3. The molecule has 0 heterocycles. The van der Waals surface area contributed by atoms with Crippen molar-refractivity contribution in [2.45, 2.75) is 6.42 Å². The van der Waals surface area contributed by atoms with Gasteiger partial charge in [-0.2, -0.15) is 5.26 Å². The quantitative estimate of drug-likeness (QED) is 0.927. The molecule has 4 heteroatoms. The lowest BCUT2D eigenvalue weighted by molar-refractivity contribution is 0.298. The van der Waals surface area contributed by atoms with Crippen molar-refractivity contribution in [3.63, 3.8) is 0 Å². The summed E-state index contributed by atoms with van der Waals surface area (Å²) < 4.78 is 5.75. The van der Waals surface area contributed by atoms with Crippen molar-refractivity contribution >= 4 is 11.6 Å². The smallest absolute Gasteiger partial charge is 0.146 e. The Balaban J connectivity index is 2.36. The van der Waals surface area contributed by atoms with Crippen LogP contribution in [-0.4, -0.2) is 11.7 Å². The van der Waals surface area contributed by atoms with E-state index >= 15 is 0 Å². The van der Waals surface area contributed by atoms with Crippen LogP contribution in [-0.2, 0) is 6.42 Å². The van der Waals surface area contributed by atoms with E-state index in [0.717, 1.165) is 5.56 Å². The van der Waals surface area contributed by atoms with E-state index in [9.17, 15) is 0 Å². The molecule has 0 aliphatic heterocycles. The van der Waals surface area contributed by atoms with E-state index in [2.05, 4.69) is 6.07 Å². The Bertz CT molecular complexity index is 620. The van der Waals surface area contributed by atoms with Gasteiger partial charge in [-0.25, -0.2) is 0 Å². The van der Waals surface area contributed by atoms with Crippen molar-refractivity contribution in [1.29, 1.82) is 5.26 Å². The molecule has 0 saturated carbocycles. The number of rotatable bonds is 4. The van der Waals surface area contributed by atoms with E-state index in [1.165, 1.54) is 0 Å². The summed E-state index contributed by atoms with van der Waals surface area (Å²) in [6.45, 7) is 0.0427. The van der Waals surface area contributed by atoms with Crippen molar-refractivity contribution in [2.75, 3.05) is 6.61 Å². The highest BCUT2D eigenvalue weighted by molar-refractivity contribution is 6.30. The fourth-order valence-corrected chi connectivity index (χ4v) is 1.88. The van der Waals surface area contributed by atoms with Gasteiger partial charge in [0.25, 0.3) is 0 Å². The van der Waals surface area contributed by atoms with Crippen LogP contribution in [0, 0.1) is 11.3 Å². The molecule has 0 amide bonds. The molecule has 0 spiro atoms. The lowest BCUT2D eigenvalue weighted by atomic mass is 10.1. The topological polar surface area (TPSA) is 53.2 Å². The largest absolute Gasteiger partial charge is 0.456 e. The van der Waals surface area contributed by atoms with Gasteiger partial charge in [0.1, 0.15) is 17.6 Å². The molecule has 0 aliphatic rings. The number of aliphatic hydroxyl groups is 1. The number of hydrogen-bond donors (Lipinski definition) is 1. The monoisotopic (exact) mass is 273 g/mol. The molecule has 2 rings (SSSR count). The highest BCUT2D eigenvalue weighted by Crippen LogP contribution is 2.30. The minimum absolute atomic E-state index is 0.0427. The fraction of sp³-hybridized carbons (Fsp3) is 0.133. The lowest BCUT2D eigenvalue weighted by Gasteiger charge is -2.11. The number of para-hydroxylation sites is 1. The van der Waals surface area contributed by atoms with Gasteiger partial charge in [0.2, 0.25) is 0 Å². The minimum Gasteiger partial charge on any atom is -0.456 e. The van der Waals surface area contributed by atoms with Crippen molar-refractivity contribution < 1.29 is 9.84 Å². The highest BCUT2D eigenvalue weighted by atomic mass is 35.5. The summed E-state index contributed by atoms with van der Waals surface area (Å²) in [6.07, 6.45) is 0.499. The van der Waals surface area contributed by atoms with Crippen LogP contribution in [0.25, 0.3) is 0 Å². The van der Waals surface area contributed by atoms with E-state index in [4.69, 9.17) is 26.7 Å². The van der Waals surface area contributed by atoms with Gasteiger partial charge in [-0.1, -0.05) is 29.8 Å². The number of ether oxygens (including phenoxy) is 1. The first kappa shape index (κ1) is 13.4. The minimum atomic E-state index is 0.0427. The molecule has 0 saturated heterocycles. The third-order valence-corrected chi connectivity index (χ3v) is 2.87. The Kier molecular flexibility index (Phi) is 4.40. The first-order valence-corrected chi connectivity index (χ1v) is 6.18. The third kappa shape index (κ3) is 3.25. The van der Waals surface area contributed by atoms with Crippen LogP contribution in [0.3, 0.4) is 0 Å². The van der Waals surface area contributed by atoms with Gasteiger partial charge >= 0.3 is 0 Å². The molecule has 1 N–H and O–H groups in total. The molecular formula is C15H12ClNO2. The first-order chi connectivity index (χ1) is 9.24. The number of aliphatic hydroxyl groups excluding tert-OH is 1. The van der Waals surface area contributed by atoms with Gasteiger partial charge in [0, 0.05) is 17.7 Å². The Morgan fingerprint density at radius 2 is 1.95 bits per heavy atom. The number of hydrogen-bond acceptors (Lipinski definition) is 3. The van der Waals surface area contributed by atoms with Gasteiger partial charge in [0.05, 0.1) is 5.56 Å². The normalized spacial score (nSPS) is 9.95. The second-order valence-corrected chi connectivity index (χ2v) is 4.37. The van der Waals surface area contributed by atoms with Crippen molar-refractivity contribution in [3.8, 4) is 17.6 Å². The second-order valence-electron chi connectivity index (χ2n) is 3.94. The SMILES string of the molecule is N#Cc1ccc(Cl)cc1Oc1ccccc1CCO. The van der Waals surface area contributed by atoms with Crippen LogP contribution in [0.2, 0.25) is 5.02 Å². The zero-order valence-electron chi connectivity index (χ0n) is 10.1. The maximum atomic E-state index is 9.05. The third-order valence-electron chi connectivity index (χ3n) is 2.64. The van der Waals surface area contributed by atoms with Crippen LogP contribution >= 0.6 is 11.6 Å². The Morgan fingerprint density at radius 1 is 1.16 bits per heavy atom. The average Bonchev–Trinajstić information content (AvgIpc) is 2.42. The van der Waals surface area contributed by atoms with Crippen molar-refractivity contribution in [2.24, 2.45) is 0 Å². The molecule has 3 nitrogen and oxygen atoms in total. The van der Waals surface area contributed by atoms with Gasteiger partial charge in [0.15, 0.2) is 0 Å². The Labute approximate surface area is 116 Å². The summed E-state index contributed by atoms with van der Waals surface area (Å²) in [5.41, 5.74) is 1.30. The van der Waals surface area contributed by atoms with Crippen LogP contribution in [0.15, 0.2) is 42.5 Å². The van der Waals surface area contributed by atoms with Crippen molar-refractivity contribution in [3.05, 3.63) is 58.6 Å². The van der Waals surface area contributed by atoms with Gasteiger partial charge in [-0.3, -0.25) is 0 Å². The van der Waals surface area contributed by atoms with E-state index in [1.807, 2.05) is 18.2 Å². The van der Waals surface area contributed by atoms with Gasteiger partial charge < -0.3 is 9.84 Å². The number of halogens is 1. The van der Waals surface area contributed by atoms with Crippen molar-refractivity contribution in [1.82, 2.24) is 0 Å². The predicted molar refractivity (Wildman–Crippen MR) is 73.5 cm³/mol. The summed E-state index contributed by atoms with van der Waals surface area (Å²) in [5, 5.41) is 18.6. The molecular weight excluding hydrogens is 262 g/mol. The zero-order chi connectivity index (χ0) is 13.7. The van der Waals surface area contributed by atoms with Crippen LogP contribution in [0.4, 0.5) is 0 Å². The molecule has 19 heavy (non-hydrogen) atoms. The van der Waals surface area contributed by atoms with Gasteiger partial charge in [-0.05, 0) is 30.2 Å². The molecule has 2 aromatic rings. The van der Waals surface area contributed by atoms with E-state index in [1.54, 1.807) is 24.3 Å². The molecule has 0 aromatic heterocycles. The zero-order valence-corrected chi connectivity index (χ0v) is 10.9. The number of nitriles is 1. The van der Waals surface area contributed by atoms with Crippen LogP contribution < -0.4 is 4.74 Å². The molecule has 2 aromatic carbocycles. The molecule has 0 radical (unpaired) electrons. The fourth-order valence-electron chi connectivity index (χ4n) is 1.72. The van der Waals surface area contributed by atoms with Crippen LogP contribution in [0.1, 0.15) is 11.1 Å². The molecule has 96 valence electrons. The van der Waals surface area contributed by atoms with E-state index < -0.39 is 0 Å². The van der Waals surface area contributed by atoms with Gasteiger partial charge in [-0.15, -0.1) is 0 Å². The number of nitrogens with zero attached hydrogens (tertiary/aromatic N) is 1. The molecule has 0 unspecified atom stereocenters. The van der Waals surface area contributed by atoms with Crippen LogP contribution in [0.5, 0.6) is 11.5 Å². The summed E-state index contributed by atoms with van der Waals surface area (Å²) in [5.74, 6) is 1.04. The van der Waals surface area contributed by atoms with E-state index in [-0.39, 0.29) is 6.61 Å². The lowest BCUT2D eigenvalue weighted by Crippen LogP contribution is -1.96. The average molecular weight is 274 g/mol. The van der Waals surface area contributed by atoms with E-state index in [0.29, 0.717) is 28.5 Å².